The van der Waals surface area contributed by atoms with E-state index in [0.717, 1.165) is 12.1 Å². The van der Waals surface area contributed by atoms with Gasteiger partial charge >= 0.3 is 0 Å². The van der Waals surface area contributed by atoms with Crippen LogP contribution in [0.25, 0.3) is 0 Å². The van der Waals surface area contributed by atoms with Crippen LogP contribution in [0, 0.1) is 9.39 Å². The zero-order valence-corrected chi connectivity index (χ0v) is 9.95. The molecule has 13 heavy (non-hydrogen) atoms. The molecular weight excluding hydrogens is 329 g/mol. The molecule has 1 rings (SSSR count). The Morgan fingerprint density at radius 2 is 2.15 bits per heavy atom. The highest BCUT2D eigenvalue weighted by atomic mass is 127. The zero-order valence-electron chi connectivity index (χ0n) is 6.28. The van der Waals surface area contributed by atoms with Gasteiger partial charge in [-0.15, -0.1) is 11.6 Å². The summed E-state index contributed by atoms with van der Waals surface area (Å²) in [5, 5.41) is 0.231. The molecule has 70 valence electrons. The van der Waals surface area contributed by atoms with Gasteiger partial charge in [-0.2, -0.15) is 0 Å². The Hall–Kier alpha value is 0.130. The summed E-state index contributed by atoms with van der Waals surface area (Å²) in [6.45, 7) is 0. The second kappa shape index (κ2) is 4.57. The number of carbonyl (C=O) groups excluding carboxylic acids is 1. The summed E-state index contributed by atoms with van der Waals surface area (Å²) >= 11 is 12.9. The average Bonchev–Trinajstić information content (AvgIpc) is 2.10. The van der Waals surface area contributed by atoms with Gasteiger partial charge in [0.2, 0.25) is 0 Å². The smallest absolute Gasteiger partial charge is 0.178 e. The molecule has 0 radical (unpaired) electrons. The van der Waals surface area contributed by atoms with Crippen molar-refractivity contribution in [1.82, 2.24) is 0 Å². The fourth-order valence-corrected chi connectivity index (χ4v) is 1.79. The Morgan fingerprint density at radius 3 is 2.69 bits per heavy atom. The van der Waals surface area contributed by atoms with E-state index in [-0.39, 0.29) is 22.2 Å². The molecule has 1 aromatic carbocycles. The van der Waals surface area contributed by atoms with Gasteiger partial charge in [0.05, 0.1) is 10.9 Å². The maximum Gasteiger partial charge on any atom is 0.178 e. The van der Waals surface area contributed by atoms with E-state index in [1.807, 2.05) is 22.6 Å². The molecule has 1 aromatic rings. The maximum absolute atomic E-state index is 12.8. The van der Waals surface area contributed by atoms with Crippen molar-refractivity contribution in [2.45, 2.75) is 0 Å². The minimum absolute atomic E-state index is 0.171. The van der Waals surface area contributed by atoms with Gasteiger partial charge in [-0.3, -0.25) is 4.79 Å². The van der Waals surface area contributed by atoms with Crippen LogP contribution >= 0.6 is 45.8 Å². The number of alkyl halides is 1. The lowest BCUT2D eigenvalue weighted by Gasteiger charge is -2.03. The third-order valence-corrected chi connectivity index (χ3v) is 3.44. The molecule has 5 heteroatoms. The quantitative estimate of drug-likeness (QED) is 0.350. The predicted octanol–water partition coefficient (Wildman–Crippen LogP) is 3.51. The first-order chi connectivity index (χ1) is 6.06. The van der Waals surface area contributed by atoms with Crippen molar-refractivity contribution in [3.63, 3.8) is 0 Å². The first-order valence-electron chi connectivity index (χ1n) is 3.30. The number of carbonyl (C=O) groups is 1. The van der Waals surface area contributed by atoms with Gasteiger partial charge in [0.25, 0.3) is 0 Å². The number of hydrogen-bond donors (Lipinski definition) is 0. The van der Waals surface area contributed by atoms with Crippen LogP contribution in [0.3, 0.4) is 0 Å². The monoisotopic (exact) mass is 332 g/mol. The largest absolute Gasteiger partial charge is 0.293 e. The highest BCUT2D eigenvalue weighted by Crippen LogP contribution is 2.24. The predicted molar refractivity (Wildman–Crippen MR) is 59.2 cm³/mol. The molecular formula is C8H4Cl2FIO. The van der Waals surface area contributed by atoms with Gasteiger partial charge in [0, 0.05) is 9.13 Å². The summed E-state index contributed by atoms with van der Waals surface area (Å²) in [6.07, 6.45) is 0. The SMILES string of the molecule is O=C(CCl)c1cc(F)cc(Cl)c1I. The molecule has 0 bridgehead atoms. The summed E-state index contributed by atoms with van der Waals surface area (Å²) < 4.78 is 13.4. The molecule has 0 saturated heterocycles. The molecule has 0 atom stereocenters. The lowest BCUT2D eigenvalue weighted by atomic mass is 10.1. The number of halogens is 4. The van der Waals surface area contributed by atoms with E-state index in [4.69, 9.17) is 23.2 Å². The van der Waals surface area contributed by atoms with Crippen molar-refractivity contribution in [3.8, 4) is 0 Å². The van der Waals surface area contributed by atoms with Crippen LogP contribution in [-0.2, 0) is 0 Å². The molecule has 0 amide bonds. The maximum atomic E-state index is 12.8. The zero-order chi connectivity index (χ0) is 10.0. The Bertz CT molecular complexity index is 354. The standard InChI is InChI=1S/C8H4Cl2FIO/c9-3-7(13)5-1-4(11)2-6(10)8(5)12/h1-2H,3H2. The molecule has 0 unspecified atom stereocenters. The fraction of sp³-hybridized carbons (Fsp3) is 0.125. The van der Waals surface area contributed by atoms with Gasteiger partial charge in [-0.05, 0) is 34.7 Å². The number of hydrogen-bond acceptors (Lipinski definition) is 1. The normalized spacial score (nSPS) is 10.2. The fourth-order valence-electron chi connectivity index (χ4n) is 0.831. The van der Waals surface area contributed by atoms with Crippen molar-refractivity contribution in [3.05, 3.63) is 32.1 Å². The van der Waals surface area contributed by atoms with Crippen molar-refractivity contribution >= 4 is 51.6 Å². The van der Waals surface area contributed by atoms with Crippen molar-refractivity contribution < 1.29 is 9.18 Å². The van der Waals surface area contributed by atoms with Gasteiger partial charge in [-0.25, -0.2) is 4.39 Å². The summed E-state index contributed by atoms with van der Waals surface area (Å²) in [4.78, 5) is 11.2. The molecule has 0 aliphatic heterocycles. The van der Waals surface area contributed by atoms with E-state index in [1.54, 1.807) is 0 Å². The van der Waals surface area contributed by atoms with Crippen LogP contribution in [0.15, 0.2) is 12.1 Å². The van der Waals surface area contributed by atoms with Crippen LogP contribution < -0.4 is 0 Å². The van der Waals surface area contributed by atoms with Crippen LogP contribution in [-0.4, -0.2) is 11.7 Å². The first kappa shape index (κ1) is 11.2. The Balaban J connectivity index is 3.28. The summed E-state index contributed by atoms with van der Waals surface area (Å²) in [7, 11) is 0. The van der Waals surface area contributed by atoms with Gasteiger partial charge in [0.15, 0.2) is 5.78 Å². The third kappa shape index (κ3) is 2.54. The second-order valence-electron chi connectivity index (χ2n) is 2.31. The molecule has 0 heterocycles. The minimum Gasteiger partial charge on any atom is -0.293 e. The molecule has 0 fully saturated rings. The first-order valence-corrected chi connectivity index (χ1v) is 5.29. The van der Waals surface area contributed by atoms with Crippen molar-refractivity contribution in [2.24, 2.45) is 0 Å². The number of rotatable bonds is 2. The van der Waals surface area contributed by atoms with Gasteiger partial charge in [0.1, 0.15) is 5.82 Å². The number of ketones is 1. The second-order valence-corrected chi connectivity index (χ2v) is 4.06. The molecule has 0 saturated carbocycles. The van der Waals surface area contributed by atoms with Crippen LogP contribution in [0.5, 0.6) is 0 Å². The van der Waals surface area contributed by atoms with Gasteiger partial charge in [-0.1, -0.05) is 11.6 Å². The summed E-state index contributed by atoms with van der Waals surface area (Å²) in [5.74, 6) is -1.03. The topological polar surface area (TPSA) is 17.1 Å². The lowest BCUT2D eigenvalue weighted by Crippen LogP contribution is -2.04. The average molecular weight is 333 g/mol. The van der Waals surface area contributed by atoms with E-state index in [0.29, 0.717) is 3.57 Å². The number of Topliss-reactive ketones (excluding diaryl/α,β-unsaturated/α-hetero) is 1. The van der Waals surface area contributed by atoms with Crippen molar-refractivity contribution in [2.75, 3.05) is 5.88 Å². The van der Waals surface area contributed by atoms with E-state index in [2.05, 4.69) is 0 Å². The summed E-state index contributed by atoms with van der Waals surface area (Å²) in [5.41, 5.74) is 0.237. The van der Waals surface area contributed by atoms with E-state index >= 15 is 0 Å². The molecule has 0 N–H and O–H groups in total. The Kier molecular flexibility index (Phi) is 3.94. The van der Waals surface area contributed by atoms with Crippen LogP contribution in [0.1, 0.15) is 10.4 Å². The van der Waals surface area contributed by atoms with E-state index in [9.17, 15) is 9.18 Å². The molecule has 0 spiro atoms. The van der Waals surface area contributed by atoms with Gasteiger partial charge < -0.3 is 0 Å². The molecule has 0 aliphatic carbocycles. The number of benzene rings is 1. The molecule has 0 aliphatic rings. The van der Waals surface area contributed by atoms with E-state index in [1.165, 1.54) is 0 Å². The van der Waals surface area contributed by atoms with Crippen LogP contribution in [0.2, 0.25) is 5.02 Å². The summed E-state index contributed by atoms with van der Waals surface area (Å²) in [6, 6.07) is 2.30. The minimum atomic E-state index is -0.529. The highest BCUT2D eigenvalue weighted by Gasteiger charge is 2.13. The molecule has 1 nitrogen and oxygen atoms in total. The lowest BCUT2D eigenvalue weighted by molar-refractivity contribution is 0.102. The van der Waals surface area contributed by atoms with Crippen molar-refractivity contribution in [1.29, 1.82) is 0 Å². The molecule has 0 aromatic heterocycles. The van der Waals surface area contributed by atoms with E-state index < -0.39 is 5.82 Å². The van der Waals surface area contributed by atoms with Crippen LogP contribution in [0.4, 0.5) is 4.39 Å². The highest BCUT2D eigenvalue weighted by molar-refractivity contribution is 14.1. The Labute approximate surface area is 98.4 Å². The Morgan fingerprint density at radius 1 is 1.54 bits per heavy atom. The third-order valence-electron chi connectivity index (χ3n) is 1.41.